The standard InChI is InChI=1S/C21H16N2O2/c1-15-8-10-16(11-9-15)23-20(13-12-17-5-4-14-25-17)22-19-7-3-2-6-18(19)21(23)24/h2-14H,1H3. The summed E-state index contributed by atoms with van der Waals surface area (Å²) in [7, 11) is 0. The Morgan fingerprint density at radius 3 is 2.52 bits per heavy atom. The molecule has 0 atom stereocenters. The molecule has 4 rings (SSSR count). The number of hydrogen-bond acceptors (Lipinski definition) is 3. The van der Waals surface area contributed by atoms with Crippen LogP contribution in [0.5, 0.6) is 0 Å². The van der Waals surface area contributed by atoms with Gasteiger partial charge in [0.15, 0.2) is 0 Å². The summed E-state index contributed by atoms with van der Waals surface area (Å²) in [4.78, 5) is 17.7. The summed E-state index contributed by atoms with van der Waals surface area (Å²) in [6.07, 6.45) is 5.22. The van der Waals surface area contributed by atoms with Crippen molar-refractivity contribution in [3.05, 3.63) is 94.4 Å². The van der Waals surface area contributed by atoms with E-state index in [1.165, 1.54) is 0 Å². The van der Waals surface area contributed by atoms with Gasteiger partial charge in [-0.1, -0.05) is 29.8 Å². The molecule has 0 saturated carbocycles. The zero-order valence-electron chi connectivity index (χ0n) is 13.7. The summed E-state index contributed by atoms with van der Waals surface area (Å²) in [6, 6.07) is 18.9. The molecule has 2 heterocycles. The van der Waals surface area contributed by atoms with Gasteiger partial charge in [-0.05, 0) is 55.5 Å². The third-order valence-corrected chi connectivity index (χ3v) is 4.03. The Morgan fingerprint density at radius 1 is 0.960 bits per heavy atom. The van der Waals surface area contributed by atoms with Crippen LogP contribution in [0, 0.1) is 6.92 Å². The van der Waals surface area contributed by atoms with Crippen LogP contribution in [0.4, 0.5) is 0 Å². The molecule has 0 N–H and O–H groups in total. The molecule has 0 amide bonds. The lowest BCUT2D eigenvalue weighted by Crippen LogP contribution is -2.22. The first kappa shape index (κ1) is 15.1. The number of aromatic nitrogens is 2. The Hall–Kier alpha value is -3.40. The summed E-state index contributed by atoms with van der Waals surface area (Å²) in [5, 5.41) is 0.596. The van der Waals surface area contributed by atoms with E-state index in [0.717, 1.165) is 11.3 Å². The molecule has 0 fully saturated rings. The zero-order valence-corrected chi connectivity index (χ0v) is 13.7. The summed E-state index contributed by atoms with van der Waals surface area (Å²) >= 11 is 0. The second-order valence-electron chi connectivity index (χ2n) is 5.81. The van der Waals surface area contributed by atoms with Crippen molar-refractivity contribution < 1.29 is 4.42 Å². The Balaban J connectivity index is 1.97. The molecule has 0 radical (unpaired) electrons. The molecule has 4 aromatic rings. The number of nitrogens with zero attached hydrogens (tertiary/aromatic N) is 2. The van der Waals surface area contributed by atoms with Gasteiger partial charge in [0.05, 0.1) is 22.9 Å². The van der Waals surface area contributed by atoms with Crippen LogP contribution in [-0.4, -0.2) is 9.55 Å². The molecule has 0 aliphatic carbocycles. The Labute approximate surface area is 144 Å². The highest BCUT2D eigenvalue weighted by Gasteiger charge is 2.10. The minimum Gasteiger partial charge on any atom is -0.465 e. The molecule has 122 valence electrons. The molecule has 0 aliphatic heterocycles. The molecule has 0 spiro atoms. The molecule has 2 aromatic heterocycles. The van der Waals surface area contributed by atoms with Gasteiger partial charge in [-0.2, -0.15) is 0 Å². The van der Waals surface area contributed by atoms with E-state index in [0.29, 0.717) is 22.5 Å². The summed E-state index contributed by atoms with van der Waals surface area (Å²) in [6.45, 7) is 2.02. The molecule has 25 heavy (non-hydrogen) atoms. The number of furan rings is 1. The predicted octanol–water partition coefficient (Wildman–Crippen LogP) is 4.46. The molecule has 0 bridgehead atoms. The molecule has 4 heteroatoms. The Bertz CT molecular complexity index is 1110. The maximum atomic E-state index is 13.1. The van der Waals surface area contributed by atoms with Gasteiger partial charge in [0.2, 0.25) is 0 Å². The number of aryl methyl sites for hydroxylation is 1. The van der Waals surface area contributed by atoms with E-state index in [1.807, 2.05) is 61.5 Å². The maximum absolute atomic E-state index is 13.1. The summed E-state index contributed by atoms with van der Waals surface area (Å²) < 4.78 is 6.96. The fourth-order valence-electron chi connectivity index (χ4n) is 2.75. The van der Waals surface area contributed by atoms with Crippen LogP contribution in [0.25, 0.3) is 28.7 Å². The van der Waals surface area contributed by atoms with Crippen LogP contribution in [0.1, 0.15) is 17.1 Å². The lowest BCUT2D eigenvalue weighted by Gasteiger charge is -2.11. The molecular formula is C21H16N2O2. The van der Waals surface area contributed by atoms with Crippen molar-refractivity contribution in [3.8, 4) is 5.69 Å². The van der Waals surface area contributed by atoms with Crippen LogP contribution >= 0.6 is 0 Å². The van der Waals surface area contributed by atoms with Gasteiger partial charge < -0.3 is 4.42 Å². The number of fused-ring (bicyclic) bond motifs is 1. The first-order chi connectivity index (χ1) is 12.2. The van der Waals surface area contributed by atoms with Gasteiger partial charge in [0.1, 0.15) is 11.6 Å². The van der Waals surface area contributed by atoms with E-state index >= 15 is 0 Å². The molecule has 0 unspecified atom stereocenters. The topological polar surface area (TPSA) is 48.0 Å². The number of hydrogen-bond donors (Lipinski definition) is 0. The van der Waals surface area contributed by atoms with Gasteiger partial charge in [-0.15, -0.1) is 0 Å². The zero-order chi connectivity index (χ0) is 17.2. The first-order valence-corrected chi connectivity index (χ1v) is 8.03. The van der Waals surface area contributed by atoms with Crippen molar-refractivity contribution in [2.24, 2.45) is 0 Å². The van der Waals surface area contributed by atoms with Crippen molar-refractivity contribution >= 4 is 23.1 Å². The minimum absolute atomic E-state index is 0.0893. The van der Waals surface area contributed by atoms with Gasteiger partial charge in [-0.25, -0.2) is 4.98 Å². The quantitative estimate of drug-likeness (QED) is 0.558. The smallest absolute Gasteiger partial charge is 0.266 e. The van der Waals surface area contributed by atoms with Gasteiger partial charge in [0, 0.05) is 0 Å². The van der Waals surface area contributed by atoms with Crippen molar-refractivity contribution in [3.63, 3.8) is 0 Å². The lowest BCUT2D eigenvalue weighted by molar-refractivity contribution is 0.557. The number of benzene rings is 2. The van der Waals surface area contributed by atoms with E-state index in [9.17, 15) is 4.79 Å². The van der Waals surface area contributed by atoms with Crippen LogP contribution in [0.15, 0.2) is 76.1 Å². The molecule has 4 nitrogen and oxygen atoms in total. The molecular weight excluding hydrogens is 312 g/mol. The number of rotatable bonds is 3. The third kappa shape index (κ3) is 2.90. The van der Waals surface area contributed by atoms with E-state index in [2.05, 4.69) is 4.98 Å². The van der Waals surface area contributed by atoms with Crippen molar-refractivity contribution in [2.75, 3.05) is 0 Å². The highest BCUT2D eigenvalue weighted by molar-refractivity contribution is 5.79. The van der Waals surface area contributed by atoms with Gasteiger partial charge in [-0.3, -0.25) is 9.36 Å². The minimum atomic E-state index is -0.0893. The summed E-state index contributed by atoms with van der Waals surface area (Å²) in [5.41, 5.74) is 2.51. The molecule has 0 saturated heterocycles. The first-order valence-electron chi connectivity index (χ1n) is 8.03. The van der Waals surface area contributed by atoms with Crippen molar-refractivity contribution in [2.45, 2.75) is 6.92 Å². The van der Waals surface area contributed by atoms with Crippen molar-refractivity contribution in [1.82, 2.24) is 9.55 Å². The van der Waals surface area contributed by atoms with E-state index in [-0.39, 0.29) is 5.56 Å². The predicted molar refractivity (Wildman–Crippen MR) is 99.7 cm³/mol. The Morgan fingerprint density at radius 2 is 1.76 bits per heavy atom. The maximum Gasteiger partial charge on any atom is 0.266 e. The highest BCUT2D eigenvalue weighted by Crippen LogP contribution is 2.16. The van der Waals surface area contributed by atoms with Crippen LogP contribution in [0.2, 0.25) is 0 Å². The fourth-order valence-corrected chi connectivity index (χ4v) is 2.75. The summed E-state index contributed by atoms with van der Waals surface area (Å²) in [5.74, 6) is 1.27. The van der Waals surface area contributed by atoms with Crippen LogP contribution in [0.3, 0.4) is 0 Å². The number of para-hydroxylation sites is 1. The van der Waals surface area contributed by atoms with E-state index < -0.39 is 0 Å². The lowest BCUT2D eigenvalue weighted by atomic mass is 10.2. The molecule has 0 aliphatic rings. The monoisotopic (exact) mass is 328 g/mol. The van der Waals surface area contributed by atoms with E-state index in [4.69, 9.17) is 4.42 Å². The molecule has 2 aromatic carbocycles. The fraction of sp³-hybridized carbons (Fsp3) is 0.0476. The van der Waals surface area contributed by atoms with Crippen LogP contribution < -0.4 is 5.56 Å². The van der Waals surface area contributed by atoms with E-state index in [1.54, 1.807) is 29.0 Å². The Kier molecular flexibility index (Phi) is 3.78. The highest BCUT2D eigenvalue weighted by atomic mass is 16.3. The average molecular weight is 328 g/mol. The third-order valence-electron chi connectivity index (χ3n) is 4.03. The van der Waals surface area contributed by atoms with Crippen molar-refractivity contribution in [1.29, 1.82) is 0 Å². The van der Waals surface area contributed by atoms with Gasteiger partial charge in [0.25, 0.3) is 5.56 Å². The second-order valence-corrected chi connectivity index (χ2v) is 5.81. The largest absolute Gasteiger partial charge is 0.465 e. The average Bonchev–Trinajstić information content (AvgIpc) is 3.15. The van der Waals surface area contributed by atoms with Crippen LogP contribution in [-0.2, 0) is 0 Å². The second kappa shape index (κ2) is 6.24. The normalized spacial score (nSPS) is 11.4. The SMILES string of the molecule is Cc1ccc(-n2c(C=Cc3ccco3)nc3ccccc3c2=O)cc1. The van der Waals surface area contributed by atoms with Gasteiger partial charge >= 0.3 is 0 Å².